The average Bonchev–Trinajstić information content (AvgIpc) is 3.03. The maximum absolute atomic E-state index is 12.4. The minimum absolute atomic E-state index is 0.0165. The van der Waals surface area contributed by atoms with Crippen molar-refractivity contribution in [3.05, 3.63) is 21.8 Å². The molecule has 8 nitrogen and oxygen atoms in total. The maximum atomic E-state index is 12.4. The number of hydrogen-bond acceptors (Lipinski definition) is 6. The molecule has 3 rings (SSSR count). The standard InChI is InChI=1S/C19H29N5O3/c1-13-7-4-5-10-23(13)12-9-20-16(25)8-6-11-24-19(26)18-17(14(2)21-24)15(3)27-22-18/h13H,4-12H2,1-3H3,(H,20,25)/t13-/m1/s1. The fraction of sp³-hybridized carbons (Fsp3) is 0.684. The number of likely N-dealkylation sites (tertiary alicyclic amines) is 1. The monoisotopic (exact) mass is 375 g/mol. The van der Waals surface area contributed by atoms with Crippen LogP contribution >= 0.6 is 0 Å². The van der Waals surface area contributed by atoms with Gasteiger partial charge in [-0.25, -0.2) is 4.68 Å². The minimum atomic E-state index is -0.271. The molecule has 0 spiro atoms. The van der Waals surface area contributed by atoms with Crippen LogP contribution in [0.3, 0.4) is 0 Å². The Bertz CT molecular complexity index is 857. The van der Waals surface area contributed by atoms with Crippen molar-refractivity contribution in [3.63, 3.8) is 0 Å². The van der Waals surface area contributed by atoms with Crippen molar-refractivity contribution >= 4 is 16.8 Å². The zero-order valence-electron chi connectivity index (χ0n) is 16.5. The van der Waals surface area contributed by atoms with E-state index in [9.17, 15) is 9.59 Å². The summed E-state index contributed by atoms with van der Waals surface area (Å²) in [5.41, 5.74) is 0.746. The highest BCUT2D eigenvalue weighted by Crippen LogP contribution is 2.17. The van der Waals surface area contributed by atoms with E-state index in [2.05, 4.69) is 27.4 Å². The van der Waals surface area contributed by atoms with Gasteiger partial charge in [-0.05, 0) is 46.6 Å². The molecular weight excluding hydrogens is 346 g/mol. The highest BCUT2D eigenvalue weighted by atomic mass is 16.5. The first-order valence-corrected chi connectivity index (χ1v) is 9.82. The zero-order chi connectivity index (χ0) is 19.4. The summed E-state index contributed by atoms with van der Waals surface area (Å²) in [6, 6.07) is 0.604. The first-order valence-electron chi connectivity index (χ1n) is 9.82. The van der Waals surface area contributed by atoms with E-state index in [1.165, 1.54) is 23.9 Å². The molecule has 0 aliphatic carbocycles. The molecule has 2 aromatic heterocycles. The molecule has 1 fully saturated rings. The maximum Gasteiger partial charge on any atom is 0.296 e. The number of rotatable bonds is 7. The molecule has 148 valence electrons. The number of piperidine rings is 1. The van der Waals surface area contributed by atoms with Gasteiger partial charge in [0.15, 0.2) is 5.52 Å². The first-order chi connectivity index (χ1) is 13.0. The lowest BCUT2D eigenvalue weighted by Crippen LogP contribution is -2.42. The lowest BCUT2D eigenvalue weighted by molar-refractivity contribution is -0.121. The van der Waals surface area contributed by atoms with Crippen molar-refractivity contribution in [3.8, 4) is 0 Å². The van der Waals surface area contributed by atoms with Crippen molar-refractivity contribution in [2.45, 2.75) is 65.5 Å². The van der Waals surface area contributed by atoms with Gasteiger partial charge in [0, 0.05) is 32.1 Å². The molecular formula is C19H29N5O3. The van der Waals surface area contributed by atoms with Gasteiger partial charge in [0.1, 0.15) is 5.76 Å². The molecule has 0 bridgehead atoms. The lowest BCUT2D eigenvalue weighted by Gasteiger charge is -2.33. The second-order valence-electron chi connectivity index (χ2n) is 7.41. The fourth-order valence-corrected chi connectivity index (χ4v) is 3.80. The van der Waals surface area contributed by atoms with Gasteiger partial charge in [0.05, 0.1) is 11.1 Å². The van der Waals surface area contributed by atoms with Crippen LogP contribution in [-0.2, 0) is 11.3 Å². The van der Waals surface area contributed by atoms with Crippen LogP contribution in [0.15, 0.2) is 9.32 Å². The van der Waals surface area contributed by atoms with Crippen LogP contribution < -0.4 is 10.9 Å². The van der Waals surface area contributed by atoms with Gasteiger partial charge in [-0.2, -0.15) is 5.10 Å². The average molecular weight is 375 g/mol. The van der Waals surface area contributed by atoms with Crippen molar-refractivity contribution in [1.82, 2.24) is 25.2 Å². The molecule has 1 amide bonds. The molecule has 1 N–H and O–H groups in total. The molecule has 1 aliphatic heterocycles. The van der Waals surface area contributed by atoms with Crippen LogP contribution in [0.4, 0.5) is 0 Å². The van der Waals surface area contributed by atoms with Gasteiger partial charge in [-0.15, -0.1) is 0 Å². The van der Waals surface area contributed by atoms with E-state index >= 15 is 0 Å². The number of aryl methyl sites for hydroxylation is 3. The predicted octanol–water partition coefficient (Wildman–Crippen LogP) is 1.77. The Morgan fingerprint density at radius 1 is 1.30 bits per heavy atom. The normalized spacial score (nSPS) is 18.1. The number of fused-ring (bicyclic) bond motifs is 1. The summed E-state index contributed by atoms with van der Waals surface area (Å²) in [4.78, 5) is 26.9. The van der Waals surface area contributed by atoms with E-state index < -0.39 is 0 Å². The topological polar surface area (TPSA) is 93.3 Å². The molecule has 1 aliphatic rings. The highest BCUT2D eigenvalue weighted by Gasteiger charge is 2.18. The number of amides is 1. The van der Waals surface area contributed by atoms with E-state index in [0.717, 1.165) is 13.1 Å². The summed E-state index contributed by atoms with van der Waals surface area (Å²) >= 11 is 0. The summed E-state index contributed by atoms with van der Waals surface area (Å²) in [5.74, 6) is 0.615. The van der Waals surface area contributed by atoms with Crippen molar-refractivity contribution in [1.29, 1.82) is 0 Å². The first kappa shape index (κ1) is 19.5. The van der Waals surface area contributed by atoms with E-state index in [1.807, 2.05) is 6.92 Å². The number of nitrogens with one attached hydrogen (secondary N) is 1. The van der Waals surface area contributed by atoms with E-state index in [4.69, 9.17) is 4.52 Å². The summed E-state index contributed by atoms with van der Waals surface area (Å²) < 4.78 is 6.48. The number of aromatic nitrogens is 3. The quantitative estimate of drug-likeness (QED) is 0.793. The lowest BCUT2D eigenvalue weighted by atomic mass is 10.0. The van der Waals surface area contributed by atoms with Gasteiger partial charge >= 0.3 is 0 Å². The Hall–Kier alpha value is -2.22. The number of carbonyl (C=O) groups excluding carboxylic acids is 1. The minimum Gasteiger partial charge on any atom is -0.360 e. The number of hydrogen-bond donors (Lipinski definition) is 1. The summed E-state index contributed by atoms with van der Waals surface area (Å²) in [6.45, 7) is 8.92. The molecule has 8 heteroatoms. The SMILES string of the molecule is Cc1nn(CCCC(=O)NCCN2CCCC[C@H]2C)c(=O)c2noc(C)c12. The van der Waals surface area contributed by atoms with Crippen LogP contribution in [-0.4, -0.2) is 51.4 Å². The van der Waals surface area contributed by atoms with Gasteiger partial charge in [-0.1, -0.05) is 11.6 Å². The van der Waals surface area contributed by atoms with Crippen molar-refractivity contribution < 1.29 is 9.32 Å². The van der Waals surface area contributed by atoms with Crippen molar-refractivity contribution in [2.75, 3.05) is 19.6 Å². The Morgan fingerprint density at radius 2 is 2.11 bits per heavy atom. The highest BCUT2D eigenvalue weighted by molar-refractivity contribution is 5.81. The molecule has 27 heavy (non-hydrogen) atoms. The largest absolute Gasteiger partial charge is 0.360 e. The molecule has 2 aromatic rings. The second-order valence-corrected chi connectivity index (χ2v) is 7.41. The summed E-state index contributed by atoms with van der Waals surface area (Å²) in [7, 11) is 0. The predicted molar refractivity (Wildman–Crippen MR) is 103 cm³/mol. The van der Waals surface area contributed by atoms with E-state index in [1.54, 1.807) is 6.92 Å². The third kappa shape index (κ3) is 4.55. The van der Waals surface area contributed by atoms with Crippen LogP contribution in [0.2, 0.25) is 0 Å². The van der Waals surface area contributed by atoms with Crippen LogP contribution in [0.25, 0.3) is 10.9 Å². The Morgan fingerprint density at radius 3 is 2.89 bits per heavy atom. The molecule has 0 unspecified atom stereocenters. The molecule has 0 saturated carbocycles. The van der Waals surface area contributed by atoms with E-state index in [-0.39, 0.29) is 11.5 Å². The molecule has 3 heterocycles. The third-order valence-electron chi connectivity index (χ3n) is 5.37. The summed E-state index contributed by atoms with van der Waals surface area (Å²) in [5, 5.41) is 11.8. The van der Waals surface area contributed by atoms with Crippen LogP contribution in [0, 0.1) is 13.8 Å². The molecule has 1 saturated heterocycles. The summed E-state index contributed by atoms with van der Waals surface area (Å²) in [6.07, 6.45) is 4.72. The molecule has 0 radical (unpaired) electrons. The number of nitrogens with zero attached hydrogens (tertiary/aromatic N) is 4. The Kier molecular flexibility index (Phi) is 6.26. The van der Waals surface area contributed by atoms with Gasteiger partial charge in [0.2, 0.25) is 5.91 Å². The van der Waals surface area contributed by atoms with Gasteiger partial charge in [-0.3, -0.25) is 14.5 Å². The second kappa shape index (κ2) is 8.65. The van der Waals surface area contributed by atoms with Crippen LogP contribution in [0.5, 0.6) is 0 Å². The third-order valence-corrected chi connectivity index (χ3v) is 5.37. The smallest absolute Gasteiger partial charge is 0.296 e. The van der Waals surface area contributed by atoms with Crippen molar-refractivity contribution in [2.24, 2.45) is 0 Å². The zero-order valence-corrected chi connectivity index (χ0v) is 16.5. The molecule has 1 atom stereocenters. The Labute approximate surface area is 158 Å². The van der Waals surface area contributed by atoms with Gasteiger partial charge < -0.3 is 9.84 Å². The van der Waals surface area contributed by atoms with Crippen LogP contribution in [0.1, 0.15) is 50.5 Å². The molecule has 0 aromatic carbocycles. The fourth-order valence-electron chi connectivity index (χ4n) is 3.80. The van der Waals surface area contributed by atoms with Gasteiger partial charge in [0.25, 0.3) is 5.56 Å². The Balaban J connectivity index is 1.45. The van der Waals surface area contributed by atoms with E-state index in [0.29, 0.717) is 54.3 Å². The number of carbonyl (C=O) groups is 1.